The number of carbonyl (C=O) groups excluding carboxylic acids is 1. The third kappa shape index (κ3) is 11.6. The van der Waals surface area contributed by atoms with Gasteiger partial charge in [-0.05, 0) is 123 Å². The Morgan fingerprint density at radius 2 is 1.47 bits per heavy atom. The van der Waals surface area contributed by atoms with Crippen molar-refractivity contribution in [1.82, 2.24) is 0 Å². The molecule has 3 fully saturated rings. The maximum Gasteiger partial charge on any atom is 0.508 e. The van der Waals surface area contributed by atoms with E-state index in [2.05, 4.69) is 59.8 Å². The Kier molecular flexibility index (Phi) is 17.1. The van der Waals surface area contributed by atoms with Crippen molar-refractivity contribution in [3.05, 3.63) is 23.8 Å². The van der Waals surface area contributed by atoms with Gasteiger partial charge in [0.1, 0.15) is 6.10 Å². The van der Waals surface area contributed by atoms with Crippen molar-refractivity contribution in [2.24, 2.45) is 46.3 Å². The van der Waals surface area contributed by atoms with Crippen LogP contribution in [0.25, 0.3) is 0 Å². The molecule has 0 bridgehead atoms. The van der Waals surface area contributed by atoms with Crippen LogP contribution in [0.3, 0.4) is 0 Å². The molecule has 0 spiro atoms. The van der Waals surface area contributed by atoms with Gasteiger partial charge < -0.3 is 9.47 Å². The van der Waals surface area contributed by atoms with E-state index in [4.69, 9.17) is 9.47 Å². The highest BCUT2D eigenvalue weighted by Gasteiger charge is 2.59. The molecule has 0 radical (unpaired) electrons. The summed E-state index contributed by atoms with van der Waals surface area (Å²) in [5, 5.41) is 0. The first-order chi connectivity index (χ1) is 23.7. The van der Waals surface area contributed by atoms with Crippen LogP contribution >= 0.6 is 0 Å². The van der Waals surface area contributed by atoms with Crippen LogP contribution in [-0.4, -0.2) is 18.9 Å². The van der Waals surface area contributed by atoms with Crippen LogP contribution in [-0.2, 0) is 9.47 Å². The van der Waals surface area contributed by atoms with E-state index in [1.54, 1.807) is 5.57 Å². The average Bonchev–Trinajstić information content (AvgIpc) is 3.43. The summed E-state index contributed by atoms with van der Waals surface area (Å²) in [7, 11) is 0. The highest BCUT2D eigenvalue weighted by atomic mass is 16.7. The topological polar surface area (TPSA) is 35.5 Å². The summed E-state index contributed by atoms with van der Waals surface area (Å²) in [4.78, 5) is 12.6. The third-order valence-corrected chi connectivity index (χ3v) is 14.4. The molecule has 3 saturated carbocycles. The van der Waals surface area contributed by atoms with E-state index >= 15 is 0 Å². The molecule has 4 rings (SSSR count). The number of allylic oxidation sites excluding steroid dienone is 3. The van der Waals surface area contributed by atoms with Crippen LogP contribution < -0.4 is 0 Å². The predicted molar refractivity (Wildman–Crippen MR) is 209 cm³/mol. The van der Waals surface area contributed by atoms with Crippen molar-refractivity contribution in [3.8, 4) is 0 Å². The molecule has 4 aliphatic carbocycles. The van der Waals surface area contributed by atoms with E-state index in [-0.39, 0.29) is 6.10 Å². The lowest BCUT2D eigenvalue weighted by Crippen LogP contribution is -2.51. The standard InChI is InChI=1S/C46H80O3/c1-7-8-9-10-11-12-13-14-15-16-17-18-19-20-21-22-34-48-44(47)49-39-30-32-45(5)38(35-39)26-27-40-42-29-28-41(37(4)25-23-24-36(2)3)46(42,6)33-31-43(40)45/h14-15,26,36-37,39-43H,7-13,16-25,27-35H2,1-6H3/t37-,39?,40?,41-,42?,43?,45+,46-/m1/s1. The van der Waals surface area contributed by atoms with Gasteiger partial charge in [0.25, 0.3) is 0 Å². The van der Waals surface area contributed by atoms with Crippen LogP contribution in [0.2, 0.25) is 0 Å². The number of hydrogen-bond donors (Lipinski definition) is 0. The Labute approximate surface area is 304 Å². The highest BCUT2D eigenvalue weighted by molar-refractivity contribution is 5.60. The molecule has 3 nitrogen and oxygen atoms in total. The van der Waals surface area contributed by atoms with Gasteiger partial charge >= 0.3 is 6.16 Å². The Hall–Kier alpha value is -1.25. The fourth-order valence-electron chi connectivity index (χ4n) is 11.4. The molecule has 0 saturated heterocycles. The number of fused-ring (bicyclic) bond motifs is 5. The second-order valence-corrected chi connectivity index (χ2v) is 18.3. The van der Waals surface area contributed by atoms with Crippen molar-refractivity contribution in [1.29, 1.82) is 0 Å². The Balaban J connectivity index is 1.08. The number of rotatable bonds is 22. The first kappa shape index (κ1) is 40.5. The predicted octanol–water partition coefficient (Wildman–Crippen LogP) is 14.6. The second kappa shape index (κ2) is 20.7. The summed E-state index contributed by atoms with van der Waals surface area (Å²) >= 11 is 0. The summed E-state index contributed by atoms with van der Waals surface area (Å²) in [5.74, 6) is 5.15. The zero-order valence-electron chi connectivity index (χ0n) is 33.4. The molecular formula is C46H80O3. The molecule has 0 N–H and O–H groups in total. The fraction of sp³-hybridized carbons (Fsp3) is 0.891. The lowest BCUT2D eigenvalue weighted by Gasteiger charge is -2.58. The second-order valence-electron chi connectivity index (χ2n) is 18.3. The van der Waals surface area contributed by atoms with Crippen LogP contribution in [0.4, 0.5) is 4.79 Å². The van der Waals surface area contributed by atoms with E-state index < -0.39 is 6.16 Å². The molecule has 282 valence electrons. The van der Waals surface area contributed by atoms with Gasteiger partial charge in [-0.2, -0.15) is 0 Å². The quantitative estimate of drug-likeness (QED) is 0.0648. The van der Waals surface area contributed by atoms with Crippen molar-refractivity contribution in [2.75, 3.05) is 6.61 Å². The molecule has 0 heterocycles. The third-order valence-electron chi connectivity index (χ3n) is 14.4. The lowest BCUT2D eigenvalue weighted by molar-refractivity contribution is -0.0617. The van der Waals surface area contributed by atoms with E-state index in [0.29, 0.717) is 17.4 Å². The molecule has 4 aliphatic rings. The Morgan fingerprint density at radius 3 is 2.16 bits per heavy atom. The number of hydrogen-bond acceptors (Lipinski definition) is 3. The van der Waals surface area contributed by atoms with Gasteiger partial charge in [0.05, 0.1) is 6.61 Å². The molecular weight excluding hydrogens is 601 g/mol. The van der Waals surface area contributed by atoms with Gasteiger partial charge in [0.2, 0.25) is 0 Å². The summed E-state index contributed by atoms with van der Waals surface area (Å²) < 4.78 is 11.5. The zero-order chi connectivity index (χ0) is 35.1. The number of ether oxygens (including phenoxy) is 2. The van der Waals surface area contributed by atoms with E-state index in [9.17, 15) is 4.79 Å². The SMILES string of the molecule is CCCCCCCCC=CCCCCCCCCOC(=O)OC1CC[C@@]2(C)C(=CCC3C2CC[C@@]2(C)C3CC[C@@H]2[C@H](C)CCCC(C)C)C1. The van der Waals surface area contributed by atoms with Gasteiger partial charge in [0.15, 0.2) is 0 Å². The highest BCUT2D eigenvalue weighted by Crippen LogP contribution is 2.67. The summed E-state index contributed by atoms with van der Waals surface area (Å²) in [5.41, 5.74) is 2.42. The van der Waals surface area contributed by atoms with Gasteiger partial charge in [-0.15, -0.1) is 0 Å². The summed E-state index contributed by atoms with van der Waals surface area (Å²) in [6.07, 6.45) is 39.2. The Bertz CT molecular complexity index is 1010. The van der Waals surface area contributed by atoms with E-state index in [0.717, 1.165) is 67.6 Å². The fourth-order valence-corrected chi connectivity index (χ4v) is 11.4. The number of carbonyl (C=O) groups is 1. The molecule has 8 atom stereocenters. The molecule has 0 amide bonds. The summed E-state index contributed by atoms with van der Waals surface area (Å²) in [6, 6.07) is 0. The first-order valence-corrected chi connectivity index (χ1v) is 21.9. The molecule has 49 heavy (non-hydrogen) atoms. The van der Waals surface area contributed by atoms with Crippen LogP contribution in [0.15, 0.2) is 23.8 Å². The Morgan fingerprint density at radius 1 is 0.796 bits per heavy atom. The van der Waals surface area contributed by atoms with E-state index in [1.807, 2.05) is 0 Å². The molecule has 3 heteroatoms. The minimum Gasteiger partial charge on any atom is -0.434 e. The molecule has 0 aromatic carbocycles. The van der Waals surface area contributed by atoms with Gasteiger partial charge in [-0.25, -0.2) is 4.79 Å². The van der Waals surface area contributed by atoms with Crippen molar-refractivity contribution < 1.29 is 14.3 Å². The first-order valence-electron chi connectivity index (χ1n) is 21.9. The molecule has 4 unspecified atom stereocenters. The van der Waals surface area contributed by atoms with Crippen LogP contribution in [0.5, 0.6) is 0 Å². The lowest BCUT2D eigenvalue weighted by atomic mass is 9.47. The van der Waals surface area contributed by atoms with Gasteiger partial charge in [0, 0.05) is 6.42 Å². The van der Waals surface area contributed by atoms with Crippen molar-refractivity contribution in [3.63, 3.8) is 0 Å². The van der Waals surface area contributed by atoms with Crippen LogP contribution in [0, 0.1) is 46.3 Å². The minimum absolute atomic E-state index is 0.0142. The normalized spacial score (nSPS) is 31.7. The molecule has 0 aromatic heterocycles. The van der Waals surface area contributed by atoms with Gasteiger partial charge in [-0.3, -0.25) is 0 Å². The van der Waals surface area contributed by atoms with Gasteiger partial charge in [-0.1, -0.05) is 142 Å². The van der Waals surface area contributed by atoms with Crippen molar-refractivity contribution in [2.45, 2.75) is 208 Å². The molecule has 0 aliphatic heterocycles. The average molecular weight is 681 g/mol. The van der Waals surface area contributed by atoms with E-state index in [1.165, 1.54) is 128 Å². The van der Waals surface area contributed by atoms with Crippen LogP contribution in [0.1, 0.15) is 202 Å². The number of unbranched alkanes of at least 4 members (excludes halogenated alkanes) is 12. The summed E-state index contributed by atoms with van der Waals surface area (Å²) in [6.45, 7) is 15.4. The maximum absolute atomic E-state index is 12.6. The molecule has 0 aromatic rings. The maximum atomic E-state index is 12.6. The monoisotopic (exact) mass is 681 g/mol. The minimum atomic E-state index is -0.441. The van der Waals surface area contributed by atoms with Crippen molar-refractivity contribution >= 4 is 6.16 Å². The smallest absolute Gasteiger partial charge is 0.434 e. The zero-order valence-corrected chi connectivity index (χ0v) is 33.4. The largest absolute Gasteiger partial charge is 0.508 e.